The average Bonchev–Trinajstić information content (AvgIpc) is 2.46. The van der Waals surface area contributed by atoms with Crippen LogP contribution in [0.4, 0.5) is 13.2 Å². The summed E-state index contributed by atoms with van der Waals surface area (Å²) in [5, 5.41) is 9.29. The second kappa shape index (κ2) is 5.39. The molecule has 0 bridgehead atoms. The molecule has 0 aromatic heterocycles. The van der Waals surface area contributed by atoms with Gasteiger partial charge in [0, 0.05) is 11.5 Å². The molecule has 0 radical (unpaired) electrons. The third kappa shape index (κ3) is 2.73. The Bertz CT molecular complexity index is 587. The first kappa shape index (κ1) is 15.4. The molecule has 0 spiro atoms. The van der Waals surface area contributed by atoms with Crippen molar-refractivity contribution in [1.29, 1.82) is 0 Å². The van der Waals surface area contributed by atoms with Crippen molar-refractivity contribution in [2.75, 3.05) is 0 Å². The molecule has 1 aliphatic carbocycles. The van der Waals surface area contributed by atoms with E-state index in [4.69, 9.17) is 0 Å². The fraction of sp³-hybridized carbons (Fsp3) is 0.312. The Labute approximate surface area is 120 Å². The van der Waals surface area contributed by atoms with Crippen molar-refractivity contribution in [3.63, 3.8) is 0 Å². The van der Waals surface area contributed by atoms with Crippen molar-refractivity contribution in [3.05, 3.63) is 59.7 Å². The number of carboxylic acid groups (broad SMARTS) is 1. The highest BCUT2D eigenvalue weighted by Gasteiger charge is 2.52. The van der Waals surface area contributed by atoms with Crippen LogP contribution in [-0.2, 0) is 4.79 Å². The van der Waals surface area contributed by atoms with Gasteiger partial charge in [0.2, 0.25) is 0 Å². The number of hydrogen-bond donors (Lipinski definition) is 1. The van der Waals surface area contributed by atoms with Crippen LogP contribution in [0.1, 0.15) is 24.8 Å². The maximum atomic E-state index is 13.3. The van der Waals surface area contributed by atoms with E-state index in [-0.39, 0.29) is 12.0 Å². The summed E-state index contributed by atoms with van der Waals surface area (Å²) in [6.07, 6.45) is -1.47. The normalized spacial score (nSPS) is 25.5. The molecule has 1 aliphatic rings. The molecule has 0 heterocycles. The molecule has 0 aliphatic heterocycles. The van der Waals surface area contributed by atoms with Gasteiger partial charge in [-0.2, -0.15) is 13.2 Å². The Morgan fingerprint density at radius 1 is 1.29 bits per heavy atom. The topological polar surface area (TPSA) is 37.3 Å². The van der Waals surface area contributed by atoms with Gasteiger partial charge in [-0.25, -0.2) is 4.79 Å². The van der Waals surface area contributed by atoms with Crippen LogP contribution >= 0.6 is 0 Å². The van der Waals surface area contributed by atoms with Gasteiger partial charge in [0.05, 0.1) is 0 Å². The summed E-state index contributed by atoms with van der Waals surface area (Å²) in [6, 6.07) is 8.64. The number of carboxylic acids is 1. The summed E-state index contributed by atoms with van der Waals surface area (Å²) >= 11 is 0. The number of rotatable bonds is 3. The molecular formula is C16H15F3O2. The third-order valence-electron chi connectivity index (χ3n) is 3.85. The van der Waals surface area contributed by atoms with Crippen molar-refractivity contribution in [2.24, 2.45) is 5.41 Å². The molecule has 0 saturated carbocycles. The number of benzene rings is 1. The zero-order chi connectivity index (χ0) is 15.7. The first-order chi connectivity index (χ1) is 9.81. The van der Waals surface area contributed by atoms with E-state index in [0.717, 1.165) is 12.2 Å². The third-order valence-corrected chi connectivity index (χ3v) is 3.85. The Kier molecular flexibility index (Phi) is 3.94. The molecule has 2 rings (SSSR count). The van der Waals surface area contributed by atoms with Gasteiger partial charge < -0.3 is 5.11 Å². The van der Waals surface area contributed by atoms with E-state index >= 15 is 0 Å². The van der Waals surface area contributed by atoms with Crippen LogP contribution in [-0.4, -0.2) is 17.3 Å². The van der Waals surface area contributed by atoms with E-state index in [1.807, 2.05) is 0 Å². The van der Waals surface area contributed by atoms with E-state index in [2.05, 4.69) is 0 Å². The van der Waals surface area contributed by atoms with Gasteiger partial charge in [0.15, 0.2) is 0 Å². The highest BCUT2D eigenvalue weighted by Crippen LogP contribution is 2.48. The number of allylic oxidation sites excluding steroid dienone is 3. The molecule has 0 fully saturated rings. The first-order valence-corrected chi connectivity index (χ1v) is 6.58. The summed E-state index contributed by atoms with van der Waals surface area (Å²) in [6.45, 7) is 1.40. The van der Waals surface area contributed by atoms with Gasteiger partial charge in [-0.15, -0.1) is 0 Å². The molecule has 2 unspecified atom stereocenters. The zero-order valence-electron chi connectivity index (χ0n) is 11.4. The molecule has 5 heteroatoms. The van der Waals surface area contributed by atoms with Crippen LogP contribution < -0.4 is 0 Å². The van der Waals surface area contributed by atoms with E-state index in [0.29, 0.717) is 5.56 Å². The smallest absolute Gasteiger partial charge is 0.401 e. The van der Waals surface area contributed by atoms with E-state index < -0.39 is 23.5 Å². The van der Waals surface area contributed by atoms with Crippen molar-refractivity contribution >= 4 is 5.97 Å². The van der Waals surface area contributed by atoms with Gasteiger partial charge in [-0.05, 0) is 12.0 Å². The molecule has 112 valence electrons. The second-order valence-corrected chi connectivity index (χ2v) is 5.04. The Balaban J connectivity index is 2.52. The Morgan fingerprint density at radius 3 is 2.38 bits per heavy atom. The average molecular weight is 296 g/mol. The maximum Gasteiger partial charge on any atom is 0.401 e. The van der Waals surface area contributed by atoms with Crippen LogP contribution in [0, 0.1) is 5.41 Å². The Hall–Kier alpha value is -2.04. The monoisotopic (exact) mass is 296 g/mol. The van der Waals surface area contributed by atoms with Gasteiger partial charge >= 0.3 is 12.1 Å². The first-order valence-electron chi connectivity index (χ1n) is 6.58. The number of aliphatic carboxylic acids is 1. The van der Waals surface area contributed by atoms with Crippen LogP contribution in [0.3, 0.4) is 0 Å². The second-order valence-electron chi connectivity index (χ2n) is 5.04. The standard InChI is InChI=1S/C16H15F3O2/c1-2-15(16(17,18)19)9-8-12(13(10-15)14(20)21)11-6-4-3-5-7-11/h3-10,12H,2H2,1H3,(H,20,21). The molecule has 21 heavy (non-hydrogen) atoms. The summed E-state index contributed by atoms with van der Waals surface area (Å²) in [5.41, 5.74) is -1.77. The fourth-order valence-corrected chi connectivity index (χ4v) is 2.53. The van der Waals surface area contributed by atoms with E-state index in [1.54, 1.807) is 30.3 Å². The van der Waals surface area contributed by atoms with Crippen LogP contribution in [0.15, 0.2) is 54.1 Å². The lowest BCUT2D eigenvalue weighted by atomic mass is 9.73. The minimum Gasteiger partial charge on any atom is -0.478 e. The van der Waals surface area contributed by atoms with Crippen LogP contribution in [0.5, 0.6) is 0 Å². The number of carbonyl (C=O) groups is 1. The summed E-state index contributed by atoms with van der Waals surface area (Å²) in [4.78, 5) is 11.4. The quantitative estimate of drug-likeness (QED) is 0.844. The lowest BCUT2D eigenvalue weighted by molar-refractivity contribution is -0.190. The van der Waals surface area contributed by atoms with Crippen molar-refractivity contribution in [3.8, 4) is 0 Å². The molecule has 1 N–H and O–H groups in total. The highest BCUT2D eigenvalue weighted by molar-refractivity contribution is 5.89. The zero-order valence-corrected chi connectivity index (χ0v) is 11.4. The van der Waals surface area contributed by atoms with Crippen LogP contribution in [0.2, 0.25) is 0 Å². The fourth-order valence-electron chi connectivity index (χ4n) is 2.53. The van der Waals surface area contributed by atoms with E-state index in [9.17, 15) is 23.1 Å². The van der Waals surface area contributed by atoms with Crippen molar-refractivity contribution in [1.82, 2.24) is 0 Å². The van der Waals surface area contributed by atoms with Gasteiger partial charge in [-0.3, -0.25) is 0 Å². The van der Waals surface area contributed by atoms with Crippen molar-refractivity contribution in [2.45, 2.75) is 25.4 Å². The Morgan fingerprint density at radius 2 is 1.90 bits per heavy atom. The van der Waals surface area contributed by atoms with E-state index in [1.165, 1.54) is 13.0 Å². The van der Waals surface area contributed by atoms with Crippen LogP contribution in [0.25, 0.3) is 0 Å². The molecule has 2 nitrogen and oxygen atoms in total. The molecule has 0 saturated heterocycles. The largest absolute Gasteiger partial charge is 0.478 e. The predicted octanol–water partition coefficient (Wildman–Crippen LogP) is 4.31. The predicted molar refractivity (Wildman–Crippen MR) is 72.8 cm³/mol. The summed E-state index contributed by atoms with van der Waals surface area (Å²) in [7, 11) is 0. The van der Waals surface area contributed by atoms with Gasteiger partial charge in [-0.1, -0.05) is 55.5 Å². The summed E-state index contributed by atoms with van der Waals surface area (Å²) in [5.74, 6) is -1.99. The molecule has 0 amide bonds. The minimum absolute atomic E-state index is 0.231. The molecular weight excluding hydrogens is 281 g/mol. The number of halogens is 3. The summed E-state index contributed by atoms with van der Waals surface area (Å²) < 4.78 is 39.8. The number of hydrogen-bond acceptors (Lipinski definition) is 1. The minimum atomic E-state index is -4.51. The molecule has 1 aromatic rings. The number of alkyl halides is 3. The van der Waals surface area contributed by atoms with Crippen molar-refractivity contribution < 1.29 is 23.1 Å². The molecule has 1 aromatic carbocycles. The van der Waals surface area contributed by atoms with Gasteiger partial charge in [0.1, 0.15) is 5.41 Å². The van der Waals surface area contributed by atoms with Gasteiger partial charge in [0.25, 0.3) is 0 Å². The maximum absolute atomic E-state index is 13.3. The SMILES string of the molecule is CCC1(C(F)(F)F)C=CC(c2ccccc2)C(C(=O)O)=C1. The lowest BCUT2D eigenvalue weighted by Gasteiger charge is -2.34. The lowest BCUT2D eigenvalue weighted by Crippen LogP contribution is -2.37. The highest BCUT2D eigenvalue weighted by atomic mass is 19.4. The molecule has 2 atom stereocenters.